The highest BCUT2D eigenvalue weighted by Gasteiger charge is 2.22. The molecular weight excluding hydrogens is 206 g/mol. The zero-order chi connectivity index (χ0) is 12.6. The molecular formula is C12H25NO3. The second kappa shape index (κ2) is 8.39. The van der Waals surface area contributed by atoms with Crippen molar-refractivity contribution in [1.82, 2.24) is 4.90 Å². The van der Waals surface area contributed by atoms with E-state index in [-0.39, 0.29) is 25.3 Å². The fourth-order valence-electron chi connectivity index (χ4n) is 1.71. The van der Waals surface area contributed by atoms with Gasteiger partial charge in [-0.05, 0) is 18.8 Å². The molecule has 1 N–H and O–H groups in total. The fraction of sp³-hybridized carbons (Fsp3) is 0.917. The highest BCUT2D eigenvalue weighted by atomic mass is 16.6. The van der Waals surface area contributed by atoms with Crippen LogP contribution in [0.5, 0.6) is 0 Å². The van der Waals surface area contributed by atoms with Gasteiger partial charge in [0.25, 0.3) is 0 Å². The van der Waals surface area contributed by atoms with Crippen molar-refractivity contribution in [3.05, 3.63) is 0 Å². The van der Waals surface area contributed by atoms with E-state index in [2.05, 4.69) is 27.7 Å². The van der Waals surface area contributed by atoms with Gasteiger partial charge in [0.1, 0.15) is 6.61 Å². The molecule has 4 heteroatoms. The van der Waals surface area contributed by atoms with Gasteiger partial charge in [0, 0.05) is 12.6 Å². The molecule has 0 saturated heterocycles. The van der Waals surface area contributed by atoms with Crippen LogP contribution in [0, 0.1) is 5.92 Å². The van der Waals surface area contributed by atoms with E-state index in [9.17, 15) is 4.79 Å². The molecule has 0 fully saturated rings. The SMILES string of the molecule is CCC(CC)N(CC(C)C)C(=O)OCCO. The molecule has 96 valence electrons. The van der Waals surface area contributed by atoms with Crippen LogP contribution in [0.25, 0.3) is 0 Å². The summed E-state index contributed by atoms with van der Waals surface area (Å²) in [5.74, 6) is 0.419. The van der Waals surface area contributed by atoms with Gasteiger partial charge < -0.3 is 14.7 Å². The Hall–Kier alpha value is -0.770. The second-order valence-corrected chi connectivity index (χ2v) is 4.35. The first-order chi connectivity index (χ1) is 7.56. The zero-order valence-electron chi connectivity index (χ0n) is 10.9. The minimum absolute atomic E-state index is 0.0770. The summed E-state index contributed by atoms with van der Waals surface area (Å²) in [6.45, 7) is 8.96. The van der Waals surface area contributed by atoms with Crippen molar-refractivity contribution in [2.24, 2.45) is 5.92 Å². The molecule has 1 amide bonds. The summed E-state index contributed by atoms with van der Waals surface area (Å²) in [6, 6.07) is 0.230. The number of ether oxygens (including phenoxy) is 1. The van der Waals surface area contributed by atoms with Crippen molar-refractivity contribution in [1.29, 1.82) is 0 Å². The Kier molecular flexibility index (Phi) is 7.99. The number of aliphatic hydroxyl groups excluding tert-OH is 1. The number of hydrogen-bond donors (Lipinski definition) is 1. The van der Waals surface area contributed by atoms with Crippen LogP contribution in [0.15, 0.2) is 0 Å². The van der Waals surface area contributed by atoms with E-state index in [0.717, 1.165) is 12.8 Å². The summed E-state index contributed by atoms with van der Waals surface area (Å²) >= 11 is 0. The van der Waals surface area contributed by atoms with E-state index in [1.807, 2.05) is 0 Å². The van der Waals surface area contributed by atoms with Crippen LogP contribution in [-0.2, 0) is 4.74 Å². The van der Waals surface area contributed by atoms with Crippen LogP contribution < -0.4 is 0 Å². The molecule has 0 aromatic heterocycles. The third-order valence-corrected chi connectivity index (χ3v) is 2.50. The number of nitrogens with zero attached hydrogens (tertiary/aromatic N) is 1. The molecule has 0 heterocycles. The van der Waals surface area contributed by atoms with E-state index in [1.54, 1.807) is 4.90 Å². The lowest BCUT2D eigenvalue weighted by molar-refractivity contribution is 0.0649. The van der Waals surface area contributed by atoms with Gasteiger partial charge >= 0.3 is 6.09 Å². The van der Waals surface area contributed by atoms with E-state index >= 15 is 0 Å². The number of hydrogen-bond acceptors (Lipinski definition) is 3. The Balaban J connectivity index is 4.44. The number of aliphatic hydroxyl groups is 1. The van der Waals surface area contributed by atoms with Crippen molar-refractivity contribution in [2.75, 3.05) is 19.8 Å². The predicted octanol–water partition coefficient (Wildman–Crippen LogP) is 2.26. The van der Waals surface area contributed by atoms with Crippen LogP contribution >= 0.6 is 0 Å². The third-order valence-electron chi connectivity index (χ3n) is 2.50. The van der Waals surface area contributed by atoms with Crippen molar-refractivity contribution in [2.45, 2.75) is 46.6 Å². The summed E-state index contributed by atoms with van der Waals surface area (Å²) in [5.41, 5.74) is 0. The maximum atomic E-state index is 11.8. The normalized spacial score (nSPS) is 10.9. The van der Waals surface area contributed by atoms with Gasteiger partial charge in [-0.25, -0.2) is 4.79 Å². The van der Waals surface area contributed by atoms with Gasteiger partial charge in [0.2, 0.25) is 0 Å². The molecule has 0 bridgehead atoms. The molecule has 0 saturated carbocycles. The highest BCUT2D eigenvalue weighted by molar-refractivity contribution is 5.68. The lowest BCUT2D eigenvalue weighted by atomic mass is 10.1. The van der Waals surface area contributed by atoms with Crippen LogP contribution in [0.2, 0.25) is 0 Å². The molecule has 4 nitrogen and oxygen atoms in total. The number of carbonyl (C=O) groups excluding carboxylic acids is 1. The molecule has 16 heavy (non-hydrogen) atoms. The monoisotopic (exact) mass is 231 g/mol. The van der Waals surface area contributed by atoms with Gasteiger partial charge in [-0.3, -0.25) is 0 Å². The van der Waals surface area contributed by atoms with Crippen LogP contribution in [0.4, 0.5) is 4.79 Å². The minimum Gasteiger partial charge on any atom is -0.447 e. The van der Waals surface area contributed by atoms with Crippen LogP contribution in [0.3, 0.4) is 0 Å². The van der Waals surface area contributed by atoms with Gasteiger partial charge in [-0.2, -0.15) is 0 Å². The Bertz CT molecular complexity index is 191. The summed E-state index contributed by atoms with van der Waals surface area (Å²) in [4.78, 5) is 13.6. The number of amides is 1. The highest BCUT2D eigenvalue weighted by Crippen LogP contribution is 2.12. The van der Waals surface area contributed by atoms with Gasteiger partial charge in [-0.15, -0.1) is 0 Å². The molecule has 0 aliphatic carbocycles. The summed E-state index contributed by atoms with van der Waals surface area (Å²) in [7, 11) is 0. The van der Waals surface area contributed by atoms with Crippen molar-refractivity contribution in [3.63, 3.8) is 0 Å². The topological polar surface area (TPSA) is 49.8 Å². The molecule has 0 aromatic carbocycles. The Labute approximate surface area is 98.6 Å². The van der Waals surface area contributed by atoms with E-state index < -0.39 is 0 Å². The lowest BCUT2D eigenvalue weighted by Gasteiger charge is -2.31. The fourth-order valence-corrected chi connectivity index (χ4v) is 1.71. The molecule has 0 unspecified atom stereocenters. The molecule has 0 aliphatic rings. The molecule has 0 aliphatic heterocycles. The molecule has 0 rings (SSSR count). The summed E-state index contributed by atoms with van der Waals surface area (Å²) in [5, 5.41) is 8.64. The van der Waals surface area contributed by atoms with Gasteiger partial charge in [0.15, 0.2) is 0 Å². The Morgan fingerprint density at radius 1 is 1.31 bits per heavy atom. The van der Waals surface area contributed by atoms with Crippen molar-refractivity contribution >= 4 is 6.09 Å². The average molecular weight is 231 g/mol. The van der Waals surface area contributed by atoms with Gasteiger partial charge in [0.05, 0.1) is 6.61 Å². The molecule has 0 radical (unpaired) electrons. The minimum atomic E-state index is -0.309. The number of rotatable bonds is 7. The van der Waals surface area contributed by atoms with Crippen LogP contribution in [0.1, 0.15) is 40.5 Å². The van der Waals surface area contributed by atoms with E-state index in [1.165, 1.54) is 0 Å². The zero-order valence-corrected chi connectivity index (χ0v) is 10.9. The molecule has 0 aromatic rings. The van der Waals surface area contributed by atoms with E-state index in [4.69, 9.17) is 9.84 Å². The average Bonchev–Trinajstić information content (AvgIpc) is 2.25. The van der Waals surface area contributed by atoms with E-state index in [0.29, 0.717) is 12.5 Å². The Morgan fingerprint density at radius 2 is 1.88 bits per heavy atom. The Morgan fingerprint density at radius 3 is 2.25 bits per heavy atom. The first-order valence-corrected chi connectivity index (χ1v) is 6.10. The van der Waals surface area contributed by atoms with Gasteiger partial charge in [-0.1, -0.05) is 27.7 Å². The first-order valence-electron chi connectivity index (χ1n) is 6.10. The summed E-state index contributed by atoms with van der Waals surface area (Å²) in [6.07, 6.45) is 1.55. The third kappa shape index (κ3) is 5.35. The quantitative estimate of drug-likeness (QED) is 0.731. The maximum Gasteiger partial charge on any atom is 0.410 e. The van der Waals surface area contributed by atoms with Crippen LogP contribution in [-0.4, -0.2) is 41.9 Å². The van der Waals surface area contributed by atoms with Crippen molar-refractivity contribution < 1.29 is 14.6 Å². The number of carbonyl (C=O) groups is 1. The maximum absolute atomic E-state index is 11.8. The largest absolute Gasteiger partial charge is 0.447 e. The predicted molar refractivity (Wildman–Crippen MR) is 64.3 cm³/mol. The summed E-state index contributed by atoms with van der Waals surface area (Å²) < 4.78 is 4.98. The smallest absolute Gasteiger partial charge is 0.410 e. The first kappa shape index (κ1) is 15.2. The standard InChI is InChI=1S/C12H25NO3/c1-5-11(6-2)13(9-10(3)4)12(15)16-8-7-14/h10-11,14H,5-9H2,1-4H3. The van der Waals surface area contributed by atoms with Crippen molar-refractivity contribution in [3.8, 4) is 0 Å². The molecule has 0 atom stereocenters. The lowest BCUT2D eigenvalue weighted by Crippen LogP contribution is -2.42. The molecule has 0 spiro atoms. The second-order valence-electron chi connectivity index (χ2n) is 4.35.